The Bertz CT molecular complexity index is 461. The van der Waals surface area contributed by atoms with E-state index in [1.165, 1.54) is 32.1 Å². The number of hydrogen-bond donors (Lipinski definition) is 2. The summed E-state index contributed by atoms with van der Waals surface area (Å²) in [4.78, 5) is 12.2. The molecule has 1 aromatic heterocycles. The van der Waals surface area contributed by atoms with Crippen LogP contribution in [-0.2, 0) is 6.54 Å². The quantitative estimate of drug-likeness (QED) is 0.869. The molecule has 0 radical (unpaired) electrons. The van der Waals surface area contributed by atoms with Crippen molar-refractivity contribution >= 4 is 11.6 Å². The molecule has 1 saturated carbocycles. The zero-order valence-corrected chi connectivity index (χ0v) is 12.6. The van der Waals surface area contributed by atoms with E-state index in [9.17, 15) is 4.79 Å². The van der Waals surface area contributed by atoms with Gasteiger partial charge in [0.2, 0.25) is 0 Å². The van der Waals surface area contributed by atoms with E-state index in [0.29, 0.717) is 17.9 Å². The molecule has 1 heterocycles. The summed E-state index contributed by atoms with van der Waals surface area (Å²) in [5, 5.41) is 7.27. The van der Waals surface area contributed by atoms with Gasteiger partial charge >= 0.3 is 0 Å². The van der Waals surface area contributed by atoms with Gasteiger partial charge in [0.05, 0.1) is 11.4 Å². The summed E-state index contributed by atoms with van der Waals surface area (Å²) in [5.41, 5.74) is 7.69. The maximum atomic E-state index is 12.2. The second-order valence-electron chi connectivity index (χ2n) is 5.71. The first-order valence-electron chi connectivity index (χ1n) is 7.74. The van der Waals surface area contributed by atoms with Gasteiger partial charge in [0.1, 0.15) is 5.69 Å². The minimum atomic E-state index is -0.0965. The fraction of sp³-hybridized carbons (Fsp3) is 0.733. The van der Waals surface area contributed by atoms with Gasteiger partial charge in [-0.3, -0.25) is 9.48 Å². The molecule has 20 heavy (non-hydrogen) atoms. The highest BCUT2D eigenvalue weighted by molar-refractivity contribution is 5.97. The van der Waals surface area contributed by atoms with E-state index in [1.807, 2.05) is 13.8 Å². The minimum Gasteiger partial charge on any atom is -0.395 e. The van der Waals surface area contributed by atoms with E-state index < -0.39 is 0 Å². The summed E-state index contributed by atoms with van der Waals surface area (Å²) in [6.07, 6.45) is 7.74. The Kier molecular flexibility index (Phi) is 5.04. The summed E-state index contributed by atoms with van der Waals surface area (Å²) >= 11 is 0. The van der Waals surface area contributed by atoms with Crippen LogP contribution in [0.3, 0.4) is 0 Å². The number of anilines is 1. The first kappa shape index (κ1) is 14.9. The summed E-state index contributed by atoms with van der Waals surface area (Å²) in [6.45, 7) is 5.19. The van der Waals surface area contributed by atoms with Crippen LogP contribution in [0.1, 0.15) is 61.6 Å². The lowest BCUT2D eigenvalue weighted by Gasteiger charge is -2.21. The number of aromatic nitrogens is 2. The highest BCUT2D eigenvalue weighted by Gasteiger charge is 2.19. The molecule has 1 fully saturated rings. The van der Waals surface area contributed by atoms with Crippen LogP contribution < -0.4 is 11.1 Å². The molecule has 5 nitrogen and oxygen atoms in total. The Balaban J connectivity index is 1.88. The molecule has 0 saturated heterocycles. The summed E-state index contributed by atoms with van der Waals surface area (Å²) in [5.74, 6) is 0.681. The third-order valence-electron chi connectivity index (χ3n) is 4.25. The molecule has 1 aliphatic carbocycles. The number of nitrogen functional groups attached to an aromatic ring is 1. The number of carbonyl (C=O) groups is 1. The fourth-order valence-corrected chi connectivity index (χ4v) is 3.01. The van der Waals surface area contributed by atoms with Crippen molar-refractivity contribution in [1.29, 1.82) is 0 Å². The Hall–Kier alpha value is -1.52. The number of rotatable bonds is 5. The van der Waals surface area contributed by atoms with Crippen molar-refractivity contribution in [3.05, 3.63) is 11.4 Å². The molecule has 0 spiro atoms. The zero-order chi connectivity index (χ0) is 14.5. The van der Waals surface area contributed by atoms with Gasteiger partial charge in [0.15, 0.2) is 0 Å². The van der Waals surface area contributed by atoms with Gasteiger partial charge in [-0.1, -0.05) is 32.1 Å². The first-order valence-corrected chi connectivity index (χ1v) is 7.74. The lowest BCUT2D eigenvalue weighted by molar-refractivity contribution is 0.0940. The van der Waals surface area contributed by atoms with Crippen molar-refractivity contribution in [2.45, 2.75) is 58.9 Å². The molecule has 0 bridgehead atoms. The monoisotopic (exact) mass is 278 g/mol. The third kappa shape index (κ3) is 3.32. The highest BCUT2D eigenvalue weighted by Crippen LogP contribution is 2.25. The number of carbonyl (C=O) groups excluding carboxylic acids is 1. The molecule has 5 heteroatoms. The van der Waals surface area contributed by atoms with Crippen LogP contribution in [0.2, 0.25) is 0 Å². The molecular formula is C15H26N4O. The van der Waals surface area contributed by atoms with Crippen molar-refractivity contribution in [3.63, 3.8) is 0 Å². The first-order chi connectivity index (χ1) is 9.63. The van der Waals surface area contributed by atoms with E-state index in [0.717, 1.165) is 24.6 Å². The molecule has 2 rings (SSSR count). The van der Waals surface area contributed by atoms with Crippen LogP contribution in [0.5, 0.6) is 0 Å². The van der Waals surface area contributed by atoms with E-state index in [4.69, 9.17) is 5.73 Å². The molecular weight excluding hydrogens is 252 g/mol. The zero-order valence-electron chi connectivity index (χ0n) is 12.6. The van der Waals surface area contributed by atoms with E-state index in [2.05, 4.69) is 10.4 Å². The lowest BCUT2D eigenvalue weighted by Crippen LogP contribution is -2.29. The number of nitrogens with zero attached hydrogens (tertiary/aromatic N) is 2. The second-order valence-corrected chi connectivity index (χ2v) is 5.71. The maximum Gasteiger partial charge on any atom is 0.271 e. The van der Waals surface area contributed by atoms with Crippen LogP contribution in [-0.4, -0.2) is 22.2 Å². The highest BCUT2D eigenvalue weighted by atomic mass is 16.2. The molecule has 1 amide bonds. The van der Waals surface area contributed by atoms with Crippen LogP contribution in [0, 0.1) is 12.8 Å². The normalized spacial score (nSPS) is 16.3. The predicted molar refractivity (Wildman–Crippen MR) is 80.6 cm³/mol. The van der Waals surface area contributed by atoms with Crippen molar-refractivity contribution in [1.82, 2.24) is 15.1 Å². The van der Waals surface area contributed by atoms with Crippen molar-refractivity contribution < 1.29 is 4.79 Å². The van der Waals surface area contributed by atoms with E-state index in [1.54, 1.807) is 4.68 Å². The predicted octanol–water partition coefficient (Wildman–Crippen LogP) is 2.49. The summed E-state index contributed by atoms with van der Waals surface area (Å²) < 4.78 is 1.68. The minimum absolute atomic E-state index is 0.0965. The standard InChI is InChI=1S/C15H26N4O/c1-3-19-14(13(16)11(2)18-19)15(20)17-10-9-12-7-5-4-6-8-12/h12H,3-10,16H2,1-2H3,(H,17,20). The smallest absolute Gasteiger partial charge is 0.271 e. The Morgan fingerprint density at radius 1 is 1.40 bits per heavy atom. The molecule has 112 valence electrons. The molecule has 3 N–H and O–H groups in total. The maximum absolute atomic E-state index is 12.2. The summed E-state index contributed by atoms with van der Waals surface area (Å²) in [7, 11) is 0. The Morgan fingerprint density at radius 3 is 2.75 bits per heavy atom. The van der Waals surface area contributed by atoms with Crippen molar-refractivity contribution in [2.75, 3.05) is 12.3 Å². The van der Waals surface area contributed by atoms with Crippen LogP contribution >= 0.6 is 0 Å². The second kappa shape index (κ2) is 6.77. The van der Waals surface area contributed by atoms with Gasteiger partial charge in [0, 0.05) is 13.1 Å². The molecule has 0 unspecified atom stereocenters. The molecule has 1 aromatic rings. The van der Waals surface area contributed by atoms with E-state index >= 15 is 0 Å². The van der Waals surface area contributed by atoms with Crippen LogP contribution in [0.4, 0.5) is 5.69 Å². The van der Waals surface area contributed by atoms with Crippen LogP contribution in [0.25, 0.3) is 0 Å². The van der Waals surface area contributed by atoms with Gasteiger partial charge in [-0.25, -0.2) is 0 Å². The lowest BCUT2D eigenvalue weighted by atomic mass is 9.87. The molecule has 0 atom stereocenters. The average Bonchev–Trinajstić information content (AvgIpc) is 2.75. The van der Waals surface area contributed by atoms with E-state index in [-0.39, 0.29) is 5.91 Å². The van der Waals surface area contributed by atoms with Crippen molar-refractivity contribution in [3.8, 4) is 0 Å². The van der Waals surface area contributed by atoms with Gasteiger partial charge in [-0.2, -0.15) is 5.10 Å². The Labute approximate surface area is 120 Å². The number of aryl methyl sites for hydroxylation is 2. The van der Waals surface area contributed by atoms with Gasteiger partial charge in [-0.15, -0.1) is 0 Å². The van der Waals surface area contributed by atoms with Gasteiger partial charge in [0.25, 0.3) is 5.91 Å². The fourth-order valence-electron chi connectivity index (χ4n) is 3.01. The molecule has 0 aromatic carbocycles. The van der Waals surface area contributed by atoms with Gasteiger partial charge in [-0.05, 0) is 26.2 Å². The summed E-state index contributed by atoms with van der Waals surface area (Å²) in [6, 6.07) is 0. The number of nitrogens with one attached hydrogen (secondary N) is 1. The van der Waals surface area contributed by atoms with Gasteiger partial charge < -0.3 is 11.1 Å². The molecule has 0 aliphatic heterocycles. The van der Waals surface area contributed by atoms with Crippen molar-refractivity contribution in [2.24, 2.45) is 5.92 Å². The number of nitrogens with two attached hydrogens (primary N) is 1. The average molecular weight is 278 g/mol. The Morgan fingerprint density at radius 2 is 2.10 bits per heavy atom. The van der Waals surface area contributed by atoms with Crippen LogP contribution in [0.15, 0.2) is 0 Å². The number of hydrogen-bond acceptors (Lipinski definition) is 3. The largest absolute Gasteiger partial charge is 0.395 e. The topological polar surface area (TPSA) is 72.9 Å². The SMILES string of the molecule is CCn1nc(C)c(N)c1C(=O)NCCC1CCCCC1. The molecule has 1 aliphatic rings. The number of amides is 1. The third-order valence-corrected chi connectivity index (χ3v) is 4.25.